The van der Waals surface area contributed by atoms with Crippen LogP contribution in [0.4, 0.5) is 0 Å². The van der Waals surface area contributed by atoms with Gasteiger partial charge in [0.25, 0.3) is 5.91 Å². The smallest absolute Gasteiger partial charge is 0.276 e. The van der Waals surface area contributed by atoms with Crippen molar-refractivity contribution in [1.29, 1.82) is 0 Å². The standard InChI is InChI=1S/C19H20N4O2S/c1-14-8-10-17(11-9-14)25-12-18(24)22-23-15(2)20-21-19(23)26-13-16-6-4-3-5-7-16/h3-11H,12-13H2,1-2H3,(H,22,24). The van der Waals surface area contributed by atoms with E-state index in [0.29, 0.717) is 16.7 Å². The number of aryl methyl sites for hydroxylation is 2. The average molecular weight is 368 g/mol. The fourth-order valence-corrected chi connectivity index (χ4v) is 3.12. The summed E-state index contributed by atoms with van der Waals surface area (Å²) in [4.78, 5) is 12.2. The number of amides is 1. The van der Waals surface area contributed by atoms with E-state index in [1.807, 2.05) is 49.4 Å². The molecular weight excluding hydrogens is 348 g/mol. The van der Waals surface area contributed by atoms with Gasteiger partial charge in [-0.1, -0.05) is 59.8 Å². The molecule has 0 bridgehead atoms. The van der Waals surface area contributed by atoms with Crippen molar-refractivity contribution < 1.29 is 9.53 Å². The van der Waals surface area contributed by atoms with Gasteiger partial charge in [-0.25, -0.2) is 4.68 Å². The fraction of sp³-hybridized carbons (Fsp3) is 0.211. The number of nitrogens with zero attached hydrogens (tertiary/aromatic N) is 3. The number of ether oxygens (including phenoxy) is 1. The Bertz CT molecular complexity index is 863. The predicted octanol–water partition coefficient (Wildman–Crippen LogP) is 3.34. The van der Waals surface area contributed by atoms with Crippen LogP contribution < -0.4 is 10.2 Å². The van der Waals surface area contributed by atoms with Crippen molar-refractivity contribution in [2.24, 2.45) is 0 Å². The summed E-state index contributed by atoms with van der Waals surface area (Å²) in [5.74, 6) is 1.75. The van der Waals surface area contributed by atoms with Crippen molar-refractivity contribution >= 4 is 17.7 Å². The maximum absolute atomic E-state index is 12.2. The number of hydrogen-bond donors (Lipinski definition) is 1. The molecule has 1 N–H and O–H groups in total. The molecule has 7 heteroatoms. The van der Waals surface area contributed by atoms with E-state index in [9.17, 15) is 4.79 Å². The molecule has 6 nitrogen and oxygen atoms in total. The summed E-state index contributed by atoms with van der Waals surface area (Å²) in [7, 11) is 0. The molecule has 0 aliphatic rings. The van der Waals surface area contributed by atoms with Crippen LogP contribution in [-0.2, 0) is 10.5 Å². The molecule has 0 aliphatic carbocycles. The number of aromatic nitrogens is 3. The molecule has 0 fully saturated rings. The van der Waals surface area contributed by atoms with E-state index in [1.54, 1.807) is 11.6 Å². The Morgan fingerprint density at radius 2 is 1.81 bits per heavy atom. The third kappa shape index (κ3) is 4.86. The molecule has 0 aliphatic heterocycles. The molecule has 1 aromatic heterocycles. The Balaban J connectivity index is 1.57. The van der Waals surface area contributed by atoms with E-state index >= 15 is 0 Å². The van der Waals surface area contributed by atoms with Gasteiger partial charge in [-0.2, -0.15) is 0 Å². The van der Waals surface area contributed by atoms with Crippen LogP contribution in [0.25, 0.3) is 0 Å². The van der Waals surface area contributed by atoms with Crippen LogP contribution in [0.5, 0.6) is 5.75 Å². The maximum atomic E-state index is 12.2. The highest BCUT2D eigenvalue weighted by Crippen LogP contribution is 2.20. The van der Waals surface area contributed by atoms with Gasteiger partial charge in [0, 0.05) is 5.75 Å². The van der Waals surface area contributed by atoms with Crippen molar-refractivity contribution in [3.63, 3.8) is 0 Å². The maximum Gasteiger partial charge on any atom is 0.276 e. The van der Waals surface area contributed by atoms with Gasteiger partial charge in [0.15, 0.2) is 6.61 Å². The molecule has 0 radical (unpaired) electrons. The highest BCUT2D eigenvalue weighted by atomic mass is 32.2. The van der Waals surface area contributed by atoms with E-state index in [-0.39, 0.29) is 12.5 Å². The molecule has 1 heterocycles. The first-order valence-electron chi connectivity index (χ1n) is 8.20. The highest BCUT2D eigenvalue weighted by molar-refractivity contribution is 7.98. The van der Waals surface area contributed by atoms with E-state index in [4.69, 9.17) is 4.74 Å². The summed E-state index contributed by atoms with van der Waals surface area (Å²) in [6.07, 6.45) is 0. The molecule has 3 rings (SSSR count). The van der Waals surface area contributed by atoms with E-state index in [2.05, 4.69) is 27.8 Å². The third-order valence-electron chi connectivity index (χ3n) is 3.63. The lowest BCUT2D eigenvalue weighted by Crippen LogP contribution is -2.29. The predicted molar refractivity (Wildman–Crippen MR) is 102 cm³/mol. The first-order chi connectivity index (χ1) is 12.6. The minimum atomic E-state index is -0.268. The Morgan fingerprint density at radius 3 is 2.54 bits per heavy atom. The number of hydrogen-bond acceptors (Lipinski definition) is 5. The average Bonchev–Trinajstić information content (AvgIpc) is 3.00. The summed E-state index contributed by atoms with van der Waals surface area (Å²) in [6.45, 7) is 3.71. The lowest BCUT2D eigenvalue weighted by atomic mass is 10.2. The second kappa shape index (κ2) is 8.53. The van der Waals surface area contributed by atoms with Gasteiger partial charge in [-0.3, -0.25) is 10.2 Å². The molecule has 0 saturated heterocycles. The van der Waals surface area contributed by atoms with Gasteiger partial charge in [0.1, 0.15) is 11.6 Å². The number of nitrogens with one attached hydrogen (secondary N) is 1. The van der Waals surface area contributed by atoms with E-state index in [1.165, 1.54) is 17.3 Å². The molecule has 0 saturated carbocycles. The summed E-state index contributed by atoms with van der Waals surface area (Å²) in [5.41, 5.74) is 5.10. The first kappa shape index (κ1) is 18.0. The van der Waals surface area contributed by atoms with E-state index < -0.39 is 0 Å². The fourth-order valence-electron chi connectivity index (χ4n) is 2.23. The minimum Gasteiger partial charge on any atom is -0.484 e. The van der Waals surface area contributed by atoms with Crippen LogP contribution >= 0.6 is 11.8 Å². The number of thioether (sulfide) groups is 1. The normalized spacial score (nSPS) is 10.5. The zero-order valence-electron chi connectivity index (χ0n) is 14.7. The summed E-state index contributed by atoms with van der Waals surface area (Å²) in [6, 6.07) is 17.6. The van der Waals surface area contributed by atoms with Gasteiger partial charge in [0.05, 0.1) is 0 Å². The van der Waals surface area contributed by atoms with E-state index in [0.717, 1.165) is 11.3 Å². The Hall–Kier alpha value is -2.80. The molecule has 134 valence electrons. The molecule has 2 aromatic carbocycles. The molecule has 3 aromatic rings. The van der Waals surface area contributed by atoms with Gasteiger partial charge in [-0.15, -0.1) is 10.2 Å². The minimum absolute atomic E-state index is 0.0799. The van der Waals surface area contributed by atoms with Crippen LogP contribution in [0.15, 0.2) is 59.8 Å². The lowest BCUT2D eigenvalue weighted by Gasteiger charge is -2.11. The zero-order valence-corrected chi connectivity index (χ0v) is 15.5. The number of benzene rings is 2. The summed E-state index contributed by atoms with van der Waals surface area (Å²) >= 11 is 1.51. The molecule has 1 amide bonds. The monoisotopic (exact) mass is 368 g/mol. The van der Waals surface area contributed by atoms with Gasteiger partial charge in [-0.05, 0) is 31.5 Å². The topological polar surface area (TPSA) is 69.0 Å². The zero-order chi connectivity index (χ0) is 18.4. The largest absolute Gasteiger partial charge is 0.484 e. The van der Waals surface area contributed by atoms with Crippen LogP contribution in [0.3, 0.4) is 0 Å². The molecule has 26 heavy (non-hydrogen) atoms. The van der Waals surface area contributed by atoms with Crippen LogP contribution in [0, 0.1) is 13.8 Å². The van der Waals surface area contributed by atoms with Gasteiger partial charge >= 0.3 is 0 Å². The van der Waals surface area contributed by atoms with Gasteiger partial charge in [0.2, 0.25) is 5.16 Å². The Kier molecular flexibility index (Phi) is 5.91. The second-order valence-corrected chi connectivity index (χ2v) is 6.72. The van der Waals surface area contributed by atoms with Crippen molar-refractivity contribution in [2.45, 2.75) is 24.8 Å². The Morgan fingerprint density at radius 1 is 1.08 bits per heavy atom. The van der Waals surface area contributed by atoms with Crippen molar-refractivity contribution in [3.05, 3.63) is 71.5 Å². The van der Waals surface area contributed by atoms with Crippen molar-refractivity contribution in [2.75, 3.05) is 12.0 Å². The lowest BCUT2D eigenvalue weighted by molar-refractivity contribution is -0.119. The number of carbonyl (C=O) groups excluding carboxylic acids is 1. The van der Waals surface area contributed by atoms with Crippen molar-refractivity contribution in [1.82, 2.24) is 14.9 Å². The SMILES string of the molecule is Cc1ccc(OCC(=O)Nn2c(C)nnc2SCc2ccccc2)cc1. The van der Waals surface area contributed by atoms with Crippen molar-refractivity contribution in [3.8, 4) is 5.75 Å². The van der Waals surface area contributed by atoms with Crippen LogP contribution in [-0.4, -0.2) is 27.4 Å². The number of carbonyl (C=O) groups is 1. The highest BCUT2D eigenvalue weighted by Gasteiger charge is 2.13. The quantitative estimate of drug-likeness (QED) is 0.648. The number of rotatable bonds is 7. The summed E-state index contributed by atoms with van der Waals surface area (Å²) in [5, 5.41) is 8.81. The molecule has 0 spiro atoms. The first-order valence-corrected chi connectivity index (χ1v) is 9.18. The third-order valence-corrected chi connectivity index (χ3v) is 4.63. The molecular formula is C19H20N4O2S. The van der Waals surface area contributed by atoms with Gasteiger partial charge < -0.3 is 4.74 Å². The molecule has 0 atom stereocenters. The summed E-state index contributed by atoms with van der Waals surface area (Å²) < 4.78 is 7.10. The van der Waals surface area contributed by atoms with Crippen LogP contribution in [0.1, 0.15) is 17.0 Å². The molecule has 0 unspecified atom stereocenters. The van der Waals surface area contributed by atoms with Crippen LogP contribution in [0.2, 0.25) is 0 Å². The Labute approximate surface area is 156 Å². The second-order valence-electron chi connectivity index (χ2n) is 5.78.